The van der Waals surface area contributed by atoms with E-state index in [1.165, 1.54) is 54.5 Å². The standard InChI is InChI=1S/C29H39NO3/c1-32-29(33-2)22-15-17-30(18-16-22)24-10-7-21(8-11-24)28-26(20-5-3-4-6-20)13-9-23-19-25(31)12-14-27(23)28/h7-8,10-12,14,19-20,22,26,28-29,31H,3-6,9,13,15-18H2,1-2H3/t26-,28-/m1/s1. The molecule has 1 N–H and O–H groups in total. The van der Waals surface area contributed by atoms with Gasteiger partial charge in [0.15, 0.2) is 6.29 Å². The van der Waals surface area contributed by atoms with Crippen LogP contribution in [0.25, 0.3) is 0 Å². The normalized spacial score (nSPS) is 24.4. The molecule has 33 heavy (non-hydrogen) atoms. The van der Waals surface area contributed by atoms with Crippen LogP contribution < -0.4 is 4.90 Å². The molecule has 2 fully saturated rings. The number of hydrogen-bond donors (Lipinski definition) is 1. The van der Waals surface area contributed by atoms with E-state index in [0.717, 1.165) is 38.3 Å². The van der Waals surface area contributed by atoms with E-state index in [0.29, 0.717) is 23.5 Å². The molecule has 2 aromatic rings. The van der Waals surface area contributed by atoms with E-state index in [9.17, 15) is 5.11 Å². The topological polar surface area (TPSA) is 41.9 Å². The molecule has 2 aromatic carbocycles. The molecule has 0 unspecified atom stereocenters. The summed E-state index contributed by atoms with van der Waals surface area (Å²) >= 11 is 0. The molecule has 1 heterocycles. The van der Waals surface area contributed by atoms with E-state index < -0.39 is 0 Å². The molecule has 0 bridgehead atoms. The number of methoxy groups -OCH3 is 2. The van der Waals surface area contributed by atoms with E-state index in [-0.39, 0.29) is 6.29 Å². The van der Waals surface area contributed by atoms with Gasteiger partial charge in [-0.25, -0.2) is 0 Å². The predicted molar refractivity (Wildman–Crippen MR) is 133 cm³/mol. The Morgan fingerprint density at radius 3 is 2.24 bits per heavy atom. The van der Waals surface area contributed by atoms with Crippen LogP contribution in [-0.2, 0) is 15.9 Å². The van der Waals surface area contributed by atoms with Crippen LogP contribution in [-0.4, -0.2) is 38.7 Å². The van der Waals surface area contributed by atoms with Gasteiger partial charge in [0.1, 0.15) is 5.75 Å². The number of phenolic OH excluding ortho intramolecular Hbond substituents is 1. The predicted octanol–water partition coefficient (Wildman–Crippen LogP) is 6.11. The third-order valence-corrected chi connectivity index (χ3v) is 8.65. The molecule has 0 aromatic heterocycles. The van der Waals surface area contributed by atoms with Gasteiger partial charge in [0.25, 0.3) is 0 Å². The zero-order valence-electron chi connectivity index (χ0n) is 20.2. The summed E-state index contributed by atoms with van der Waals surface area (Å²) in [6.07, 6.45) is 9.97. The Morgan fingerprint density at radius 2 is 1.58 bits per heavy atom. The lowest BCUT2D eigenvalue weighted by Crippen LogP contribution is -2.39. The third kappa shape index (κ3) is 4.65. The molecule has 2 atom stereocenters. The molecule has 1 saturated carbocycles. The van der Waals surface area contributed by atoms with Crippen molar-refractivity contribution < 1.29 is 14.6 Å². The van der Waals surface area contributed by atoms with E-state index in [4.69, 9.17) is 9.47 Å². The maximum absolute atomic E-state index is 10.1. The number of piperidine rings is 1. The largest absolute Gasteiger partial charge is 0.508 e. The SMILES string of the molecule is COC(OC)C1CCN(c2ccc([C@H]3c4ccc(O)cc4CC[C@@H]3C3CCCC3)cc2)CC1. The molecular formula is C29H39NO3. The minimum Gasteiger partial charge on any atom is -0.508 e. The van der Waals surface area contributed by atoms with E-state index in [2.05, 4.69) is 35.2 Å². The summed E-state index contributed by atoms with van der Waals surface area (Å²) in [5, 5.41) is 10.1. The van der Waals surface area contributed by atoms with Crippen LogP contribution in [0.3, 0.4) is 0 Å². The molecule has 0 amide bonds. The number of nitrogens with zero attached hydrogens (tertiary/aromatic N) is 1. The fourth-order valence-electron chi connectivity index (χ4n) is 6.96. The minimum absolute atomic E-state index is 0.0900. The Bertz CT molecular complexity index is 909. The maximum Gasteiger partial charge on any atom is 0.159 e. The molecule has 4 nitrogen and oxygen atoms in total. The van der Waals surface area contributed by atoms with Crippen LogP contribution in [0.2, 0.25) is 0 Å². The number of anilines is 1. The second kappa shape index (κ2) is 10.1. The summed E-state index contributed by atoms with van der Waals surface area (Å²) in [4.78, 5) is 2.50. The van der Waals surface area contributed by atoms with Crippen molar-refractivity contribution in [2.24, 2.45) is 17.8 Å². The number of phenols is 1. The maximum atomic E-state index is 10.1. The van der Waals surface area contributed by atoms with Gasteiger partial charge in [0.05, 0.1) is 0 Å². The zero-order chi connectivity index (χ0) is 22.8. The number of fused-ring (bicyclic) bond motifs is 1. The van der Waals surface area contributed by atoms with Crippen molar-refractivity contribution in [2.75, 3.05) is 32.2 Å². The summed E-state index contributed by atoms with van der Waals surface area (Å²) in [6, 6.07) is 15.5. The van der Waals surface area contributed by atoms with E-state index in [1.807, 2.05) is 12.1 Å². The average molecular weight is 450 g/mol. The van der Waals surface area contributed by atoms with Crippen LogP contribution in [0.5, 0.6) is 5.75 Å². The van der Waals surface area contributed by atoms with Crippen molar-refractivity contribution in [1.29, 1.82) is 0 Å². The molecule has 0 radical (unpaired) electrons. The van der Waals surface area contributed by atoms with Gasteiger partial charge in [-0.05, 0) is 78.5 Å². The molecular weight excluding hydrogens is 410 g/mol. The van der Waals surface area contributed by atoms with Gasteiger partial charge < -0.3 is 19.5 Å². The molecule has 0 spiro atoms. The molecule has 4 heteroatoms. The smallest absolute Gasteiger partial charge is 0.159 e. The van der Waals surface area contributed by atoms with Crippen molar-refractivity contribution in [1.82, 2.24) is 0 Å². The van der Waals surface area contributed by atoms with Gasteiger partial charge in [-0.2, -0.15) is 0 Å². The van der Waals surface area contributed by atoms with Gasteiger partial charge in [0.2, 0.25) is 0 Å². The first-order valence-electron chi connectivity index (χ1n) is 12.9. The van der Waals surface area contributed by atoms with Crippen LogP contribution in [0.15, 0.2) is 42.5 Å². The molecule has 1 saturated heterocycles. The van der Waals surface area contributed by atoms with Crippen molar-refractivity contribution in [3.63, 3.8) is 0 Å². The lowest BCUT2D eigenvalue weighted by atomic mass is 9.66. The second-order valence-electron chi connectivity index (χ2n) is 10.4. The van der Waals surface area contributed by atoms with Crippen molar-refractivity contribution >= 4 is 5.69 Å². The molecule has 1 aliphatic heterocycles. The van der Waals surface area contributed by atoms with Crippen molar-refractivity contribution in [3.05, 3.63) is 59.2 Å². The quantitative estimate of drug-likeness (QED) is 0.540. The number of hydrogen-bond acceptors (Lipinski definition) is 4. The number of rotatable bonds is 6. The Morgan fingerprint density at radius 1 is 0.879 bits per heavy atom. The van der Waals surface area contributed by atoms with E-state index >= 15 is 0 Å². The van der Waals surface area contributed by atoms with Crippen LogP contribution >= 0.6 is 0 Å². The van der Waals surface area contributed by atoms with Crippen LogP contribution in [0.4, 0.5) is 5.69 Å². The molecule has 3 aliphatic rings. The summed E-state index contributed by atoms with van der Waals surface area (Å²) in [6.45, 7) is 2.09. The third-order valence-electron chi connectivity index (χ3n) is 8.65. The van der Waals surface area contributed by atoms with Crippen molar-refractivity contribution in [3.8, 4) is 5.75 Å². The first-order valence-corrected chi connectivity index (χ1v) is 12.9. The summed E-state index contributed by atoms with van der Waals surface area (Å²) in [7, 11) is 3.48. The molecule has 5 rings (SSSR count). The highest BCUT2D eigenvalue weighted by Gasteiger charge is 2.37. The summed E-state index contributed by atoms with van der Waals surface area (Å²) in [5.74, 6) is 2.87. The average Bonchev–Trinajstić information content (AvgIpc) is 3.39. The fraction of sp³-hybridized carbons (Fsp3) is 0.586. The number of aromatic hydroxyl groups is 1. The second-order valence-corrected chi connectivity index (χ2v) is 10.4. The van der Waals surface area contributed by atoms with E-state index in [1.54, 1.807) is 14.2 Å². The number of aryl methyl sites for hydroxylation is 1. The van der Waals surface area contributed by atoms with Gasteiger partial charge in [0, 0.05) is 44.8 Å². The Labute approximate surface area is 198 Å². The Kier molecular flexibility index (Phi) is 6.94. The van der Waals surface area contributed by atoms with Gasteiger partial charge in [-0.1, -0.05) is 43.9 Å². The summed E-state index contributed by atoms with van der Waals surface area (Å²) < 4.78 is 11.0. The Balaban J connectivity index is 1.36. The minimum atomic E-state index is -0.0900. The molecule has 178 valence electrons. The first-order chi connectivity index (χ1) is 16.2. The van der Waals surface area contributed by atoms with Crippen LogP contribution in [0.1, 0.15) is 67.6 Å². The molecule has 2 aliphatic carbocycles. The first kappa shape index (κ1) is 22.7. The van der Waals surface area contributed by atoms with Gasteiger partial charge in [-0.15, -0.1) is 0 Å². The van der Waals surface area contributed by atoms with Crippen molar-refractivity contribution in [2.45, 2.75) is 63.6 Å². The van der Waals surface area contributed by atoms with Crippen LogP contribution in [0, 0.1) is 17.8 Å². The number of ether oxygens (including phenoxy) is 2. The highest BCUT2D eigenvalue weighted by Crippen LogP contribution is 2.49. The lowest BCUT2D eigenvalue weighted by Gasteiger charge is -2.38. The Hall–Kier alpha value is -2.04. The van der Waals surface area contributed by atoms with Gasteiger partial charge >= 0.3 is 0 Å². The zero-order valence-corrected chi connectivity index (χ0v) is 20.2. The highest BCUT2D eigenvalue weighted by molar-refractivity contribution is 5.51. The highest BCUT2D eigenvalue weighted by atomic mass is 16.7. The van der Waals surface area contributed by atoms with Gasteiger partial charge in [-0.3, -0.25) is 0 Å². The monoisotopic (exact) mass is 449 g/mol. The lowest BCUT2D eigenvalue weighted by molar-refractivity contribution is -0.141. The fourth-order valence-corrected chi connectivity index (χ4v) is 6.96. The summed E-state index contributed by atoms with van der Waals surface area (Å²) in [5.41, 5.74) is 5.54. The number of benzene rings is 2.